The van der Waals surface area contributed by atoms with E-state index in [1.165, 1.54) is 12.0 Å². The molecule has 0 radical (unpaired) electrons. The van der Waals surface area contributed by atoms with Gasteiger partial charge in [-0.25, -0.2) is 4.98 Å². The Morgan fingerprint density at radius 1 is 1.28 bits per heavy atom. The van der Waals surface area contributed by atoms with Gasteiger partial charge in [0.2, 0.25) is 5.95 Å². The lowest BCUT2D eigenvalue weighted by molar-refractivity contribution is 0.153. The summed E-state index contributed by atoms with van der Waals surface area (Å²) in [4.78, 5) is 10.9. The third kappa shape index (κ3) is 5.11. The van der Waals surface area contributed by atoms with Crippen molar-refractivity contribution < 1.29 is 14.6 Å². The van der Waals surface area contributed by atoms with Gasteiger partial charge < -0.3 is 30.5 Å². The van der Waals surface area contributed by atoms with Crippen molar-refractivity contribution in [2.75, 3.05) is 50.7 Å². The number of anilines is 2. The van der Waals surface area contributed by atoms with Crippen molar-refractivity contribution in [1.82, 2.24) is 25.1 Å². The number of nitrogen functional groups attached to an aromatic ring is 1. The molecule has 5 rings (SSSR count). The molecule has 10 heteroatoms. The van der Waals surface area contributed by atoms with Crippen LogP contribution in [0, 0.1) is 11.8 Å². The van der Waals surface area contributed by atoms with E-state index in [0.717, 1.165) is 56.4 Å². The van der Waals surface area contributed by atoms with E-state index in [9.17, 15) is 5.11 Å². The number of aliphatic hydroxyl groups is 1. The number of nitrogens with two attached hydrogens (primary N) is 1. The van der Waals surface area contributed by atoms with E-state index < -0.39 is 0 Å². The van der Waals surface area contributed by atoms with Crippen LogP contribution in [-0.2, 0) is 17.8 Å². The highest BCUT2D eigenvalue weighted by molar-refractivity contribution is 5.86. The summed E-state index contributed by atoms with van der Waals surface area (Å²) in [5.41, 5.74) is 9.62. The zero-order valence-corrected chi connectivity index (χ0v) is 21.2. The second-order valence-electron chi connectivity index (χ2n) is 9.86. The maximum atomic E-state index is 9.58. The first kappa shape index (κ1) is 24.7. The predicted molar refractivity (Wildman–Crippen MR) is 139 cm³/mol. The van der Waals surface area contributed by atoms with Crippen molar-refractivity contribution in [2.24, 2.45) is 11.8 Å². The van der Waals surface area contributed by atoms with Gasteiger partial charge in [0.25, 0.3) is 0 Å². The van der Waals surface area contributed by atoms with E-state index in [0.29, 0.717) is 41.9 Å². The minimum absolute atomic E-state index is 0.0317. The van der Waals surface area contributed by atoms with Gasteiger partial charge in [-0.05, 0) is 30.4 Å². The molecular formula is C26H37N7O3. The van der Waals surface area contributed by atoms with E-state index in [1.54, 1.807) is 7.11 Å². The summed E-state index contributed by atoms with van der Waals surface area (Å²) in [6.45, 7) is 6.56. The van der Waals surface area contributed by atoms with E-state index in [1.807, 2.05) is 15.8 Å². The number of nitrogens with one attached hydrogen (secondary N) is 1. The summed E-state index contributed by atoms with van der Waals surface area (Å²) < 4.78 is 13.2. The number of hydrogen-bond donors (Lipinski definition) is 3. The highest BCUT2D eigenvalue weighted by Crippen LogP contribution is 2.39. The Morgan fingerprint density at radius 3 is 2.94 bits per heavy atom. The summed E-state index contributed by atoms with van der Waals surface area (Å²) >= 11 is 0. The van der Waals surface area contributed by atoms with Crippen molar-refractivity contribution in [3.63, 3.8) is 0 Å². The van der Waals surface area contributed by atoms with Gasteiger partial charge in [-0.2, -0.15) is 10.1 Å². The molecule has 1 saturated carbocycles. The smallest absolute Gasteiger partial charge is 0.222 e. The fourth-order valence-corrected chi connectivity index (χ4v) is 5.35. The number of benzene rings is 1. The molecule has 0 amide bonds. The fraction of sp³-hybridized carbons (Fsp3) is 0.577. The Hall–Kier alpha value is -2.95. The summed E-state index contributed by atoms with van der Waals surface area (Å²) in [7, 11) is 1.70. The Bertz CT molecular complexity index is 1180. The lowest BCUT2D eigenvalue weighted by atomic mass is 9.71. The monoisotopic (exact) mass is 495 g/mol. The first-order valence-corrected chi connectivity index (χ1v) is 12.9. The first-order valence-electron chi connectivity index (χ1n) is 12.9. The molecule has 2 fully saturated rings. The van der Waals surface area contributed by atoms with Crippen LogP contribution >= 0.6 is 0 Å². The van der Waals surface area contributed by atoms with Gasteiger partial charge in [0.15, 0.2) is 11.3 Å². The van der Waals surface area contributed by atoms with Crippen LogP contribution in [0.2, 0.25) is 0 Å². The highest BCUT2D eigenvalue weighted by Gasteiger charge is 2.44. The van der Waals surface area contributed by atoms with Gasteiger partial charge >= 0.3 is 0 Å². The third-order valence-corrected chi connectivity index (χ3v) is 7.43. The molecule has 10 nitrogen and oxygen atoms in total. The molecule has 194 valence electrons. The molecule has 3 heterocycles. The molecule has 1 saturated heterocycles. The topological polar surface area (TPSA) is 124 Å². The lowest BCUT2D eigenvalue weighted by Crippen LogP contribution is -2.49. The number of aromatic nitrogens is 4. The summed E-state index contributed by atoms with van der Waals surface area (Å²) in [5, 5.41) is 18.1. The standard InChI is InChI=1S/C26H37N7O3/c1-3-4-7-32(8-9-34)25-24-22(29-26(27)30-25)14-33(31-24)13-18-6-5-17(10-23(18)35-2)12-28-21-11-19-15-36-16-20(19)21/h5-6,10,14,19-21,28,34H,3-4,7-9,11-13,15-16H2,1-2H3,(H2,27,29)/t19-,20+,21?/m0/s1. The van der Waals surface area contributed by atoms with Crippen LogP contribution in [0.5, 0.6) is 5.75 Å². The van der Waals surface area contributed by atoms with Crippen LogP contribution in [0.25, 0.3) is 11.0 Å². The van der Waals surface area contributed by atoms with Crippen molar-refractivity contribution in [3.05, 3.63) is 35.5 Å². The molecule has 3 atom stereocenters. The average molecular weight is 496 g/mol. The highest BCUT2D eigenvalue weighted by atomic mass is 16.5. The molecule has 4 N–H and O–H groups in total. The molecule has 3 aromatic rings. The van der Waals surface area contributed by atoms with Crippen LogP contribution in [-0.4, -0.2) is 70.9 Å². The largest absolute Gasteiger partial charge is 0.496 e. The van der Waals surface area contributed by atoms with Crippen LogP contribution in [0.15, 0.2) is 24.4 Å². The number of ether oxygens (including phenoxy) is 2. The molecule has 1 unspecified atom stereocenters. The minimum Gasteiger partial charge on any atom is -0.496 e. The Kier molecular flexibility index (Phi) is 7.54. The number of fused-ring (bicyclic) bond motifs is 2. The quantitative estimate of drug-likeness (QED) is 0.347. The van der Waals surface area contributed by atoms with Gasteiger partial charge in [-0.3, -0.25) is 4.68 Å². The summed E-state index contributed by atoms with van der Waals surface area (Å²) in [6, 6.07) is 6.89. The molecule has 0 bridgehead atoms. The molecule has 1 aliphatic carbocycles. The van der Waals surface area contributed by atoms with E-state index in [2.05, 4.69) is 40.4 Å². The third-order valence-electron chi connectivity index (χ3n) is 7.43. The number of methoxy groups -OCH3 is 1. The van der Waals surface area contributed by atoms with Gasteiger partial charge in [0.1, 0.15) is 11.3 Å². The van der Waals surface area contributed by atoms with Crippen LogP contribution in [0.1, 0.15) is 37.3 Å². The molecule has 2 aliphatic rings. The van der Waals surface area contributed by atoms with Crippen LogP contribution < -0.4 is 20.7 Å². The van der Waals surface area contributed by atoms with Crippen molar-refractivity contribution >= 4 is 22.8 Å². The maximum absolute atomic E-state index is 9.58. The molecular weight excluding hydrogens is 458 g/mol. The number of hydrogen-bond acceptors (Lipinski definition) is 9. The van der Waals surface area contributed by atoms with Crippen molar-refractivity contribution in [1.29, 1.82) is 0 Å². The Morgan fingerprint density at radius 2 is 2.17 bits per heavy atom. The molecule has 1 aliphatic heterocycles. The number of rotatable bonds is 12. The summed E-state index contributed by atoms with van der Waals surface area (Å²) in [6.07, 6.45) is 5.12. The Labute approximate surface area is 211 Å². The fourth-order valence-electron chi connectivity index (χ4n) is 5.35. The van der Waals surface area contributed by atoms with Gasteiger partial charge in [-0.15, -0.1) is 0 Å². The van der Waals surface area contributed by atoms with Gasteiger partial charge in [0.05, 0.1) is 33.1 Å². The van der Waals surface area contributed by atoms with Crippen LogP contribution in [0.4, 0.5) is 11.8 Å². The lowest BCUT2D eigenvalue weighted by Gasteiger charge is -2.39. The van der Waals surface area contributed by atoms with Crippen molar-refractivity contribution in [2.45, 2.75) is 45.3 Å². The molecule has 36 heavy (non-hydrogen) atoms. The minimum atomic E-state index is 0.0317. The predicted octanol–water partition coefficient (Wildman–Crippen LogP) is 2.19. The average Bonchev–Trinajstić information content (AvgIpc) is 3.44. The Balaban J connectivity index is 1.32. The number of aliphatic hydroxyl groups excluding tert-OH is 1. The second kappa shape index (κ2) is 11.0. The normalized spacial score (nSPS) is 20.9. The van der Waals surface area contributed by atoms with E-state index in [-0.39, 0.29) is 12.6 Å². The molecule has 1 aromatic carbocycles. The van der Waals surface area contributed by atoms with Crippen LogP contribution in [0.3, 0.4) is 0 Å². The first-order chi connectivity index (χ1) is 17.6. The summed E-state index contributed by atoms with van der Waals surface area (Å²) in [5.74, 6) is 3.11. The van der Waals surface area contributed by atoms with E-state index >= 15 is 0 Å². The maximum Gasteiger partial charge on any atom is 0.222 e. The van der Waals surface area contributed by atoms with Gasteiger partial charge in [-0.1, -0.05) is 25.5 Å². The molecule has 0 spiro atoms. The van der Waals surface area contributed by atoms with Crippen molar-refractivity contribution in [3.8, 4) is 5.75 Å². The molecule has 2 aromatic heterocycles. The second-order valence-corrected chi connectivity index (χ2v) is 9.86. The van der Waals surface area contributed by atoms with E-state index in [4.69, 9.17) is 20.3 Å². The number of unbranched alkanes of at least 4 members (excludes halogenated alkanes) is 1. The zero-order valence-electron chi connectivity index (χ0n) is 21.2. The van der Waals surface area contributed by atoms with Gasteiger partial charge in [0, 0.05) is 43.8 Å². The number of nitrogens with zero attached hydrogens (tertiary/aromatic N) is 5. The zero-order chi connectivity index (χ0) is 25.1. The SMILES string of the molecule is CCCCN(CCO)c1nc(N)nc2cn(Cc3ccc(CNC4C[C@H]5COC[C@@H]45)cc3OC)nc12.